The van der Waals surface area contributed by atoms with Crippen molar-refractivity contribution in [3.8, 4) is 5.75 Å². The van der Waals surface area contributed by atoms with Crippen LogP contribution in [0.3, 0.4) is 0 Å². The molecule has 8 heteroatoms. The van der Waals surface area contributed by atoms with E-state index in [1.165, 1.54) is 11.0 Å². The highest BCUT2D eigenvalue weighted by molar-refractivity contribution is 8.03. The summed E-state index contributed by atoms with van der Waals surface area (Å²) in [6.45, 7) is 0. The predicted molar refractivity (Wildman–Crippen MR) is 116 cm³/mol. The van der Waals surface area contributed by atoms with E-state index in [0.717, 1.165) is 19.3 Å². The average molecular weight is 413 g/mol. The van der Waals surface area contributed by atoms with E-state index in [1.807, 2.05) is 0 Å². The van der Waals surface area contributed by atoms with Crippen molar-refractivity contribution in [2.24, 2.45) is 5.92 Å². The largest absolute Gasteiger partial charge is 0.505 e. The molecule has 0 aromatic heterocycles. The normalized spacial score (nSPS) is 19.3. The van der Waals surface area contributed by atoms with E-state index in [4.69, 9.17) is 0 Å². The quantitative estimate of drug-likeness (QED) is 0.474. The number of nitrogens with zero attached hydrogens (tertiary/aromatic N) is 1. The minimum absolute atomic E-state index is 0.120. The molecule has 2 aliphatic rings. The number of allylic oxidation sites excluding steroid dienone is 1. The van der Waals surface area contributed by atoms with Gasteiger partial charge in [-0.15, -0.1) is 11.8 Å². The molecule has 1 aliphatic heterocycles. The highest BCUT2D eigenvalue weighted by atomic mass is 32.2. The Labute approximate surface area is 172 Å². The molecule has 29 heavy (non-hydrogen) atoms. The van der Waals surface area contributed by atoms with Crippen LogP contribution in [0, 0.1) is 5.92 Å². The first-order valence-corrected chi connectivity index (χ1v) is 10.5. The second kappa shape index (κ2) is 7.59. The molecule has 0 saturated heterocycles. The molecule has 1 amide bonds. The number of aromatic hydroxyl groups is 1. The number of para-hydroxylation sites is 1. The van der Waals surface area contributed by atoms with Crippen LogP contribution in [0.1, 0.15) is 29.6 Å². The molecule has 4 rings (SSSR count). The average Bonchev–Trinajstić information content (AvgIpc) is 3.40. The van der Waals surface area contributed by atoms with Gasteiger partial charge >= 0.3 is 0 Å². The number of phenolic OH excluding ortho intramolecular Hbond substituents is 1. The number of thioether (sulfide) groups is 1. The molecule has 7 nitrogen and oxygen atoms in total. The van der Waals surface area contributed by atoms with Crippen LogP contribution in [0.15, 0.2) is 39.3 Å². The fourth-order valence-electron chi connectivity index (χ4n) is 3.61. The number of phenols is 1. The van der Waals surface area contributed by atoms with Crippen molar-refractivity contribution in [1.29, 1.82) is 0 Å². The Morgan fingerprint density at radius 3 is 2.55 bits per heavy atom. The highest BCUT2D eigenvalue weighted by Gasteiger charge is 2.39. The summed E-state index contributed by atoms with van der Waals surface area (Å²) >= 11 is 1.75. The first kappa shape index (κ1) is 19.6. The first-order valence-electron chi connectivity index (χ1n) is 9.59. The summed E-state index contributed by atoms with van der Waals surface area (Å²) in [6, 6.07) is 4.81. The second-order valence-corrected chi connectivity index (χ2v) is 8.87. The van der Waals surface area contributed by atoms with Gasteiger partial charge in [-0.25, -0.2) is 0 Å². The Morgan fingerprint density at radius 1 is 1.21 bits per heavy atom. The van der Waals surface area contributed by atoms with Gasteiger partial charge in [-0.05, 0) is 42.7 Å². The fraction of sp³-hybridized carbons (Fsp3) is 0.381. The van der Waals surface area contributed by atoms with Crippen LogP contribution in [0.4, 0.5) is 17.1 Å². The molecule has 152 valence electrons. The molecule has 2 unspecified atom stereocenters. The summed E-state index contributed by atoms with van der Waals surface area (Å²) in [5.74, 6) is -0.104. The summed E-state index contributed by atoms with van der Waals surface area (Å²) in [7, 11) is 3.18. The van der Waals surface area contributed by atoms with Gasteiger partial charge in [-0.3, -0.25) is 14.4 Å². The number of amides is 1. The number of carbonyl (C=O) groups excluding carboxylic acids is 1. The van der Waals surface area contributed by atoms with Gasteiger partial charge in [0.2, 0.25) is 0 Å². The zero-order valence-corrected chi connectivity index (χ0v) is 17.1. The zero-order valence-electron chi connectivity index (χ0n) is 16.3. The number of benzene rings is 1. The van der Waals surface area contributed by atoms with Crippen molar-refractivity contribution in [3.63, 3.8) is 0 Å². The molecule has 2 atom stereocenters. The molecule has 1 fully saturated rings. The Hall–Kier alpha value is -2.74. The van der Waals surface area contributed by atoms with Gasteiger partial charge in [0.25, 0.3) is 16.8 Å². The molecule has 1 aliphatic carbocycles. The minimum Gasteiger partial charge on any atom is -0.505 e. The standard InChI is InChI=1S/C21H23N3O4S/c1-24(2)21(28)12-5-3-6-13(18(12)25)22-16-17(20(27)19(16)26)23-15(11-8-9-11)14-7-4-10-29-14/h3-6,10-11,14-15,22-23,25H,7-9H2,1-2H3. The SMILES string of the molecule is CN(C)C(=O)c1cccc(Nc2c(NC(C3CC3)C3CC=CS3)c(=O)c2=O)c1O. The maximum Gasteiger partial charge on any atom is 0.257 e. The van der Waals surface area contributed by atoms with E-state index in [-0.39, 0.29) is 40.3 Å². The van der Waals surface area contributed by atoms with Crippen LogP contribution in [-0.4, -0.2) is 41.3 Å². The van der Waals surface area contributed by atoms with E-state index in [0.29, 0.717) is 11.2 Å². The zero-order chi connectivity index (χ0) is 20.7. The summed E-state index contributed by atoms with van der Waals surface area (Å²) in [4.78, 5) is 38.1. The lowest BCUT2D eigenvalue weighted by atomic mass is 10.0. The lowest BCUT2D eigenvalue weighted by molar-refractivity contribution is 0.0824. The van der Waals surface area contributed by atoms with Crippen LogP contribution < -0.4 is 21.5 Å². The Kier molecular flexibility index (Phi) is 5.12. The van der Waals surface area contributed by atoms with Gasteiger partial charge in [0.1, 0.15) is 11.4 Å². The van der Waals surface area contributed by atoms with Crippen LogP contribution in [0.2, 0.25) is 0 Å². The van der Waals surface area contributed by atoms with Crippen molar-refractivity contribution >= 4 is 34.7 Å². The number of nitrogens with one attached hydrogen (secondary N) is 2. The number of rotatable bonds is 7. The van der Waals surface area contributed by atoms with Gasteiger partial charge < -0.3 is 20.6 Å². The lowest BCUT2D eigenvalue weighted by Crippen LogP contribution is -2.42. The molecule has 0 bridgehead atoms. The Bertz CT molecular complexity index is 1040. The molecular formula is C21H23N3O4S. The predicted octanol–water partition coefficient (Wildman–Crippen LogP) is 2.64. The van der Waals surface area contributed by atoms with Crippen LogP contribution in [0.25, 0.3) is 0 Å². The van der Waals surface area contributed by atoms with Crippen molar-refractivity contribution < 1.29 is 9.90 Å². The lowest BCUT2D eigenvalue weighted by Gasteiger charge is -2.27. The molecule has 1 heterocycles. The third kappa shape index (κ3) is 3.64. The topological polar surface area (TPSA) is 98.7 Å². The van der Waals surface area contributed by atoms with Gasteiger partial charge in [0.05, 0.1) is 11.3 Å². The van der Waals surface area contributed by atoms with Crippen LogP contribution >= 0.6 is 11.8 Å². The van der Waals surface area contributed by atoms with E-state index in [9.17, 15) is 19.5 Å². The van der Waals surface area contributed by atoms with Gasteiger partial charge in [0.15, 0.2) is 5.75 Å². The van der Waals surface area contributed by atoms with E-state index in [1.54, 1.807) is 38.0 Å². The molecule has 1 saturated carbocycles. The number of hydrogen-bond donors (Lipinski definition) is 3. The number of hydrogen-bond acceptors (Lipinski definition) is 7. The molecule has 0 radical (unpaired) electrons. The second-order valence-electron chi connectivity index (χ2n) is 7.72. The Morgan fingerprint density at radius 2 is 1.93 bits per heavy atom. The van der Waals surface area contributed by atoms with Crippen molar-refractivity contribution in [2.45, 2.75) is 30.6 Å². The summed E-state index contributed by atoms with van der Waals surface area (Å²) in [5, 5.41) is 19.1. The van der Waals surface area contributed by atoms with Gasteiger partial charge in [0, 0.05) is 25.4 Å². The maximum atomic E-state index is 12.2. The summed E-state index contributed by atoms with van der Waals surface area (Å²) < 4.78 is 0. The number of anilines is 3. The Balaban J connectivity index is 1.59. The third-order valence-corrected chi connectivity index (χ3v) is 6.59. The first-order chi connectivity index (χ1) is 13.9. The highest BCUT2D eigenvalue weighted by Crippen LogP contribution is 2.42. The molecule has 2 aromatic rings. The minimum atomic E-state index is -0.622. The fourth-order valence-corrected chi connectivity index (χ4v) is 4.72. The van der Waals surface area contributed by atoms with E-state index < -0.39 is 10.9 Å². The van der Waals surface area contributed by atoms with Crippen molar-refractivity contribution in [2.75, 3.05) is 24.7 Å². The van der Waals surface area contributed by atoms with Gasteiger partial charge in [-0.2, -0.15) is 0 Å². The van der Waals surface area contributed by atoms with Crippen LogP contribution in [-0.2, 0) is 0 Å². The summed E-state index contributed by atoms with van der Waals surface area (Å²) in [6.07, 6.45) is 5.29. The van der Waals surface area contributed by atoms with E-state index in [2.05, 4.69) is 22.1 Å². The van der Waals surface area contributed by atoms with E-state index >= 15 is 0 Å². The summed E-state index contributed by atoms with van der Waals surface area (Å²) in [5.41, 5.74) is -0.424. The van der Waals surface area contributed by atoms with Gasteiger partial charge in [-0.1, -0.05) is 12.1 Å². The smallest absolute Gasteiger partial charge is 0.257 e. The molecule has 0 spiro atoms. The molecule has 3 N–H and O–H groups in total. The van der Waals surface area contributed by atoms with Crippen molar-refractivity contribution in [1.82, 2.24) is 4.90 Å². The third-order valence-electron chi connectivity index (χ3n) is 5.40. The maximum absolute atomic E-state index is 12.2. The monoisotopic (exact) mass is 413 g/mol. The molecule has 2 aromatic carbocycles. The van der Waals surface area contributed by atoms with Crippen molar-refractivity contribution in [3.05, 3.63) is 55.7 Å². The number of carbonyl (C=O) groups is 1. The van der Waals surface area contributed by atoms with Crippen LogP contribution in [0.5, 0.6) is 5.75 Å². The molecular weight excluding hydrogens is 390 g/mol.